The number of hydrogen-bond acceptors (Lipinski definition) is 4. The van der Waals surface area contributed by atoms with Crippen molar-refractivity contribution in [2.75, 3.05) is 0 Å². The Kier molecular flexibility index (Phi) is 3.24. The molecule has 1 aromatic rings. The maximum Gasteiger partial charge on any atom is 0.449 e. The number of aliphatic carboxylic acids is 1. The lowest BCUT2D eigenvalue weighted by atomic mass is 10.1. The number of alkyl halides is 3. The highest BCUT2D eigenvalue weighted by molar-refractivity contribution is 5.74. The minimum absolute atomic E-state index is 0.540. The van der Waals surface area contributed by atoms with Gasteiger partial charge in [-0.2, -0.15) is 13.2 Å². The highest BCUT2D eigenvalue weighted by Crippen LogP contribution is 2.32. The summed E-state index contributed by atoms with van der Waals surface area (Å²) in [6, 6.07) is -0.323. The first-order valence-corrected chi connectivity index (χ1v) is 4.07. The number of halogens is 3. The van der Waals surface area contributed by atoms with Gasteiger partial charge < -0.3 is 20.4 Å². The number of rotatable bonds is 3. The minimum atomic E-state index is -4.69. The molecule has 2 atom stereocenters. The van der Waals surface area contributed by atoms with E-state index >= 15 is 0 Å². The van der Waals surface area contributed by atoms with E-state index in [1.807, 2.05) is 0 Å². The van der Waals surface area contributed by atoms with Gasteiger partial charge in [0, 0.05) is 0 Å². The predicted molar refractivity (Wildman–Crippen MR) is 44.3 cm³/mol. The Morgan fingerprint density at radius 2 is 2.00 bits per heavy atom. The molecule has 1 aromatic heterocycles. The molecule has 0 aromatic carbocycles. The van der Waals surface area contributed by atoms with E-state index in [4.69, 9.17) is 10.8 Å². The van der Waals surface area contributed by atoms with Gasteiger partial charge in [0.2, 0.25) is 5.76 Å². The normalized spacial score (nSPS) is 15.8. The first-order valence-electron chi connectivity index (χ1n) is 4.07. The molecule has 0 bridgehead atoms. The van der Waals surface area contributed by atoms with Crippen molar-refractivity contribution in [1.29, 1.82) is 0 Å². The molecule has 90 valence electrons. The van der Waals surface area contributed by atoms with Gasteiger partial charge in [0.15, 0.2) is 0 Å². The highest BCUT2D eigenvalue weighted by Gasteiger charge is 2.36. The van der Waals surface area contributed by atoms with Crippen LogP contribution in [0.25, 0.3) is 0 Å². The molecule has 0 aliphatic heterocycles. The lowest BCUT2D eigenvalue weighted by Crippen LogP contribution is -2.36. The second-order valence-corrected chi connectivity index (χ2v) is 3.01. The van der Waals surface area contributed by atoms with Gasteiger partial charge in [0.25, 0.3) is 0 Å². The summed E-state index contributed by atoms with van der Waals surface area (Å²) in [4.78, 5) is 10.4. The Hall–Kier alpha value is -1.54. The highest BCUT2D eigenvalue weighted by atomic mass is 19.4. The number of carbonyl (C=O) groups is 1. The van der Waals surface area contributed by atoms with Crippen LogP contribution in [-0.4, -0.2) is 22.2 Å². The van der Waals surface area contributed by atoms with E-state index in [1.165, 1.54) is 0 Å². The molecular formula is C8H8F3NO4. The molecule has 0 saturated carbocycles. The summed E-state index contributed by atoms with van der Waals surface area (Å²) in [6.07, 6.45) is -6.51. The van der Waals surface area contributed by atoms with Gasteiger partial charge in [-0.3, -0.25) is 4.79 Å². The van der Waals surface area contributed by atoms with Crippen LogP contribution in [0.2, 0.25) is 0 Å². The van der Waals surface area contributed by atoms with E-state index in [-0.39, 0.29) is 0 Å². The van der Waals surface area contributed by atoms with Gasteiger partial charge in [0.1, 0.15) is 17.9 Å². The summed E-state index contributed by atoms with van der Waals surface area (Å²) in [5.74, 6) is -3.40. The fourth-order valence-corrected chi connectivity index (χ4v) is 0.976. The van der Waals surface area contributed by atoms with Crippen molar-refractivity contribution in [2.24, 2.45) is 5.73 Å². The van der Waals surface area contributed by atoms with Crippen LogP contribution in [0.15, 0.2) is 16.5 Å². The zero-order valence-corrected chi connectivity index (χ0v) is 7.73. The number of aliphatic hydroxyl groups excluding tert-OH is 1. The summed E-state index contributed by atoms with van der Waals surface area (Å²) in [5.41, 5.74) is 5.02. The number of carboxylic acid groups (broad SMARTS) is 1. The largest absolute Gasteiger partial charge is 0.480 e. The van der Waals surface area contributed by atoms with Gasteiger partial charge in [-0.05, 0) is 12.1 Å². The molecule has 0 saturated heterocycles. The average Bonchev–Trinajstić information content (AvgIpc) is 2.63. The quantitative estimate of drug-likeness (QED) is 0.722. The number of hydrogen-bond donors (Lipinski definition) is 3. The number of furan rings is 1. The molecule has 0 aliphatic carbocycles. The summed E-state index contributed by atoms with van der Waals surface area (Å²) in [5, 5.41) is 17.7. The zero-order valence-electron chi connectivity index (χ0n) is 7.73. The predicted octanol–water partition coefficient (Wildman–Crippen LogP) is 0.744. The molecular weight excluding hydrogens is 231 g/mol. The molecule has 0 radical (unpaired) electrons. The molecule has 2 unspecified atom stereocenters. The first kappa shape index (κ1) is 12.5. The van der Waals surface area contributed by atoms with Gasteiger partial charge in [-0.1, -0.05) is 0 Å². The summed E-state index contributed by atoms with van der Waals surface area (Å²) in [6.45, 7) is 0. The second-order valence-electron chi connectivity index (χ2n) is 3.01. The number of nitrogens with two attached hydrogens (primary N) is 1. The lowest BCUT2D eigenvalue weighted by molar-refractivity contribution is -0.154. The Labute approximate surface area is 87.3 Å². The maximum absolute atomic E-state index is 12.1. The van der Waals surface area contributed by atoms with Crippen molar-refractivity contribution in [2.45, 2.75) is 18.3 Å². The van der Waals surface area contributed by atoms with Crippen molar-refractivity contribution in [3.05, 3.63) is 23.7 Å². The van der Waals surface area contributed by atoms with E-state index < -0.39 is 35.8 Å². The van der Waals surface area contributed by atoms with Crippen molar-refractivity contribution < 1.29 is 32.6 Å². The van der Waals surface area contributed by atoms with Crippen LogP contribution < -0.4 is 5.73 Å². The van der Waals surface area contributed by atoms with E-state index in [2.05, 4.69) is 4.42 Å². The van der Waals surface area contributed by atoms with Gasteiger partial charge in [0.05, 0.1) is 0 Å². The Bertz CT molecular complexity index is 387. The summed E-state index contributed by atoms with van der Waals surface area (Å²) >= 11 is 0. The fraction of sp³-hybridized carbons (Fsp3) is 0.375. The van der Waals surface area contributed by atoms with Crippen molar-refractivity contribution in [3.8, 4) is 0 Å². The molecule has 4 N–H and O–H groups in total. The lowest BCUT2D eigenvalue weighted by Gasteiger charge is -2.12. The molecule has 16 heavy (non-hydrogen) atoms. The van der Waals surface area contributed by atoms with E-state index in [0.29, 0.717) is 6.07 Å². The van der Waals surface area contributed by atoms with Crippen LogP contribution in [0.4, 0.5) is 13.2 Å². The molecule has 1 heterocycles. The maximum atomic E-state index is 12.1. The van der Waals surface area contributed by atoms with Crippen LogP contribution in [0.1, 0.15) is 17.6 Å². The molecule has 0 spiro atoms. The Morgan fingerprint density at radius 3 is 2.38 bits per heavy atom. The van der Waals surface area contributed by atoms with Crippen LogP contribution in [0, 0.1) is 0 Å². The van der Waals surface area contributed by atoms with Crippen molar-refractivity contribution >= 4 is 5.97 Å². The van der Waals surface area contributed by atoms with E-state index in [0.717, 1.165) is 6.07 Å². The topological polar surface area (TPSA) is 96.7 Å². The standard InChI is InChI=1S/C8H8F3NO4/c9-8(10,11)4-2-1-3(16-4)6(13)5(12)7(14)15/h1-2,5-6,13H,12H2,(H,14,15). The summed E-state index contributed by atoms with van der Waals surface area (Å²) in [7, 11) is 0. The van der Waals surface area contributed by atoms with E-state index in [1.54, 1.807) is 0 Å². The summed E-state index contributed by atoms with van der Waals surface area (Å²) < 4.78 is 40.6. The van der Waals surface area contributed by atoms with Gasteiger partial charge in [-0.25, -0.2) is 0 Å². The molecule has 0 amide bonds. The first-order chi connectivity index (χ1) is 7.23. The smallest absolute Gasteiger partial charge is 0.449 e. The molecule has 0 fully saturated rings. The molecule has 8 heteroatoms. The van der Waals surface area contributed by atoms with Crippen LogP contribution in [-0.2, 0) is 11.0 Å². The van der Waals surface area contributed by atoms with Crippen LogP contribution in [0.3, 0.4) is 0 Å². The molecule has 5 nitrogen and oxygen atoms in total. The zero-order chi connectivity index (χ0) is 12.5. The molecule has 1 rings (SSSR count). The van der Waals surface area contributed by atoms with E-state index in [9.17, 15) is 23.1 Å². The fourth-order valence-electron chi connectivity index (χ4n) is 0.976. The second kappa shape index (κ2) is 4.14. The van der Waals surface area contributed by atoms with Crippen molar-refractivity contribution in [1.82, 2.24) is 0 Å². The monoisotopic (exact) mass is 239 g/mol. The third-order valence-corrected chi connectivity index (χ3v) is 1.82. The number of aliphatic hydroxyl groups is 1. The van der Waals surface area contributed by atoms with Crippen LogP contribution >= 0.6 is 0 Å². The third-order valence-electron chi connectivity index (χ3n) is 1.82. The van der Waals surface area contributed by atoms with Gasteiger partial charge >= 0.3 is 12.1 Å². The van der Waals surface area contributed by atoms with Gasteiger partial charge in [-0.15, -0.1) is 0 Å². The SMILES string of the molecule is NC(C(=O)O)C(O)c1ccc(C(F)(F)F)o1. The number of carboxylic acids is 1. The van der Waals surface area contributed by atoms with Crippen molar-refractivity contribution in [3.63, 3.8) is 0 Å². The average molecular weight is 239 g/mol. The third kappa shape index (κ3) is 2.52. The molecule has 0 aliphatic rings. The minimum Gasteiger partial charge on any atom is -0.480 e. The Balaban J connectivity index is 2.90. The Morgan fingerprint density at radius 1 is 1.44 bits per heavy atom. The van der Waals surface area contributed by atoms with Crippen LogP contribution in [0.5, 0.6) is 0 Å².